The van der Waals surface area contributed by atoms with Gasteiger partial charge in [0.15, 0.2) is 0 Å². The molecule has 0 saturated carbocycles. The van der Waals surface area contributed by atoms with Crippen LogP contribution < -0.4 is 5.32 Å². The number of rotatable bonds is 9. The number of para-hydroxylation sites is 1. The predicted octanol–water partition coefficient (Wildman–Crippen LogP) is 2.37. The van der Waals surface area contributed by atoms with E-state index in [0.717, 1.165) is 30.6 Å². The highest BCUT2D eigenvalue weighted by molar-refractivity contribution is 5.93. The molecular formula is C16H24N2O3. The summed E-state index contributed by atoms with van der Waals surface area (Å²) in [6.07, 6.45) is 1.80. The normalized spacial score (nSPS) is 10.6. The highest BCUT2D eigenvalue weighted by Crippen LogP contribution is 2.15. The first-order valence-electron chi connectivity index (χ1n) is 7.38. The van der Waals surface area contributed by atoms with Crippen molar-refractivity contribution in [1.82, 2.24) is 4.90 Å². The maximum atomic E-state index is 12.1. The Morgan fingerprint density at radius 3 is 2.52 bits per heavy atom. The highest BCUT2D eigenvalue weighted by Gasteiger charge is 2.12. The molecule has 0 fully saturated rings. The SMILES string of the molecule is CCCN(CCC(=O)O)CC(=O)Nc1ccccc1CC. The number of carbonyl (C=O) groups excluding carboxylic acids is 1. The average Bonchev–Trinajstić information content (AvgIpc) is 2.45. The third kappa shape index (κ3) is 6.40. The molecule has 1 rings (SSSR count). The Kier molecular flexibility index (Phi) is 7.46. The predicted molar refractivity (Wildman–Crippen MR) is 83.4 cm³/mol. The Hall–Kier alpha value is -1.88. The summed E-state index contributed by atoms with van der Waals surface area (Å²) in [5, 5.41) is 11.7. The summed E-state index contributed by atoms with van der Waals surface area (Å²) >= 11 is 0. The second-order valence-corrected chi connectivity index (χ2v) is 4.98. The molecule has 0 radical (unpaired) electrons. The number of carboxylic acid groups (broad SMARTS) is 1. The van der Waals surface area contributed by atoms with Gasteiger partial charge in [0.2, 0.25) is 5.91 Å². The van der Waals surface area contributed by atoms with Gasteiger partial charge in [0.05, 0.1) is 13.0 Å². The van der Waals surface area contributed by atoms with Gasteiger partial charge in [-0.2, -0.15) is 0 Å². The molecule has 5 nitrogen and oxygen atoms in total. The van der Waals surface area contributed by atoms with Crippen molar-refractivity contribution >= 4 is 17.6 Å². The Labute approximate surface area is 126 Å². The minimum absolute atomic E-state index is 0.0544. The quantitative estimate of drug-likeness (QED) is 0.733. The zero-order chi connectivity index (χ0) is 15.7. The summed E-state index contributed by atoms with van der Waals surface area (Å²) in [6, 6.07) is 7.72. The molecule has 116 valence electrons. The number of amides is 1. The number of carboxylic acids is 1. The van der Waals surface area contributed by atoms with E-state index in [4.69, 9.17) is 5.11 Å². The average molecular weight is 292 g/mol. The minimum atomic E-state index is -0.840. The summed E-state index contributed by atoms with van der Waals surface area (Å²) in [6.45, 7) is 5.39. The number of nitrogens with zero attached hydrogens (tertiary/aromatic N) is 1. The number of hydrogen-bond donors (Lipinski definition) is 2. The summed E-state index contributed by atoms with van der Waals surface area (Å²) < 4.78 is 0. The molecule has 0 aliphatic heterocycles. The van der Waals surface area contributed by atoms with Gasteiger partial charge < -0.3 is 10.4 Å². The van der Waals surface area contributed by atoms with Crippen LogP contribution in [0.3, 0.4) is 0 Å². The maximum Gasteiger partial charge on any atom is 0.304 e. The van der Waals surface area contributed by atoms with Gasteiger partial charge in [-0.3, -0.25) is 14.5 Å². The molecule has 0 aromatic heterocycles. The fraction of sp³-hybridized carbons (Fsp3) is 0.500. The van der Waals surface area contributed by atoms with Crippen molar-refractivity contribution in [2.75, 3.05) is 25.0 Å². The van der Waals surface area contributed by atoms with E-state index in [0.29, 0.717) is 6.54 Å². The summed E-state index contributed by atoms with van der Waals surface area (Å²) in [4.78, 5) is 24.6. The van der Waals surface area contributed by atoms with Gasteiger partial charge in [-0.25, -0.2) is 0 Å². The number of aliphatic carboxylic acids is 1. The van der Waals surface area contributed by atoms with E-state index in [1.54, 1.807) is 0 Å². The van der Waals surface area contributed by atoms with Crippen LogP contribution in [0.5, 0.6) is 0 Å². The van der Waals surface area contributed by atoms with Crippen molar-refractivity contribution in [3.05, 3.63) is 29.8 Å². The third-order valence-corrected chi connectivity index (χ3v) is 3.22. The Bertz CT molecular complexity index is 474. The van der Waals surface area contributed by atoms with Gasteiger partial charge >= 0.3 is 5.97 Å². The van der Waals surface area contributed by atoms with Crippen molar-refractivity contribution in [3.8, 4) is 0 Å². The van der Waals surface area contributed by atoms with E-state index >= 15 is 0 Å². The van der Waals surface area contributed by atoms with Crippen LogP contribution in [0.25, 0.3) is 0 Å². The molecule has 1 aromatic rings. The molecule has 2 N–H and O–H groups in total. The number of carbonyl (C=O) groups is 2. The van der Waals surface area contributed by atoms with Crippen molar-refractivity contribution < 1.29 is 14.7 Å². The Morgan fingerprint density at radius 1 is 1.19 bits per heavy atom. The van der Waals surface area contributed by atoms with Crippen LogP contribution >= 0.6 is 0 Å². The molecule has 0 spiro atoms. The maximum absolute atomic E-state index is 12.1. The number of anilines is 1. The van der Waals surface area contributed by atoms with Crippen LogP contribution in [0.1, 0.15) is 32.3 Å². The molecule has 0 aliphatic rings. The second kappa shape index (κ2) is 9.13. The van der Waals surface area contributed by atoms with Gasteiger partial charge in [-0.05, 0) is 31.0 Å². The largest absolute Gasteiger partial charge is 0.481 e. The lowest BCUT2D eigenvalue weighted by Gasteiger charge is -2.20. The van der Waals surface area contributed by atoms with Crippen LogP contribution in [0.2, 0.25) is 0 Å². The molecule has 1 aromatic carbocycles. The highest BCUT2D eigenvalue weighted by atomic mass is 16.4. The Morgan fingerprint density at radius 2 is 1.90 bits per heavy atom. The van der Waals surface area contributed by atoms with Gasteiger partial charge in [0.1, 0.15) is 0 Å². The van der Waals surface area contributed by atoms with Gasteiger partial charge in [0, 0.05) is 12.2 Å². The molecule has 0 bridgehead atoms. The van der Waals surface area contributed by atoms with E-state index in [-0.39, 0.29) is 18.9 Å². The molecule has 1 amide bonds. The number of benzene rings is 1. The minimum Gasteiger partial charge on any atom is -0.481 e. The summed E-state index contributed by atoms with van der Waals surface area (Å²) in [7, 11) is 0. The zero-order valence-corrected chi connectivity index (χ0v) is 12.8. The number of nitrogens with one attached hydrogen (secondary N) is 1. The van der Waals surface area contributed by atoms with Crippen LogP contribution in [0, 0.1) is 0 Å². The molecule has 0 atom stereocenters. The van der Waals surface area contributed by atoms with Crippen LogP contribution in [-0.2, 0) is 16.0 Å². The fourth-order valence-electron chi connectivity index (χ4n) is 2.18. The van der Waals surface area contributed by atoms with Crippen LogP contribution in [0.4, 0.5) is 5.69 Å². The molecular weight excluding hydrogens is 268 g/mol. The van der Waals surface area contributed by atoms with Crippen molar-refractivity contribution in [2.45, 2.75) is 33.1 Å². The van der Waals surface area contributed by atoms with Gasteiger partial charge in [-0.1, -0.05) is 32.0 Å². The lowest BCUT2D eigenvalue weighted by molar-refractivity contribution is -0.137. The summed E-state index contributed by atoms with van der Waals surface area (Å²) in [5.74, 6) is -0.942. The Balaban J connectivity index is 2.58. The topological polar surface area (TPSA) is 69.6 Å². The van der Waals surface area contributed by atoms with Crippen molar-refractivity contribution in [3.63, 3.8) is 0 Å². The van der Waals surface area contributed by atoms with Gasteiger partial charge in [0.25, 0.3) is 0 Å². The molecule has 0 heterocycles. The van der Waals surface area contributed by atoms with Crippen molar-refractivity contribution in [2.24, 2.45) is 0 Å². The van der Waals surface area contributed by atoms with Gasteiger partial charge in [-0.15, -0.1) is 0 Å². The standard InChI is InChI=1S/C16H24N2O3/c1-3-10-18(11-9-16(20)21)12-15(19)17-14-8-6-5-7-13(14)4-2/h5-8H,3-4,9-12H2,1-2H3,(H,17,19)(H,20,21). The summed E-state index contributed by atoms with van der Waals surface area (Å²) in [5.41, 5.74) is 1.93. The van der Waals surface area contributed by atoms with E-state index in [2.05, 4.69) is 5.32 Å². The molecule has 0 aliphatic carbocycles. The van der Waals surface area contributed by atoms with E-state index in [1.807, 2.05) is 43.0 Å². The van der Waals surface area contributed by atoms with Crippen LogP contribution in [0.15, 0.2) is 24.3 Å². The molecule has 21 heavy (non-hydrogen) atoms. The number of hydrogen-bond acceptors (Lipinski definition) is 3. The molecule has 0 saturated heterocycles. The van der Waals surface area contributed by atoms with E-state index in [1.165, 1.54) is 0 Å². The first-order valence-corrected chi connectivity index (χ1v) is 7.38. The second-order valence-electron chi connectivity index (χ2n) is 4.98. The lowest BCUT2D eigenvalue weighted by atomic mass is 10.1. The van der Waals surface area contributed by atoms with Crippen molar-refractivity contribution in [1.29, 1.82) is 0 Å². The fourth-order valence-corrected chi connectivity index (χ4v) is 2.18. The molecule has 5 heteroatoms. The molecule has 0 unspecified atom stereocenters. The smallest absolute Gasteiger partial charge is 0.304 e. The third-order valence-electron chi connectivity index (χ3n) is 3.22. The van der Waals surface area contributed by atoms with Crippen LogP contribution in [-0.4, -0.2) is 41.5 Å². The number of aryl methyl sites for hydroxylation is 1. The monoisotopic (exact) mass is 292 g/mol. The lowest BCUT2D eigenvalue weighted by Crippen LogP contribution is -2.35. The van der Waals surface area contributed by atoms with E-state index in [9.17, 15) is 9.59 Å². The zero-order valence-electron chi connectivity index (χ0n) is 12.8. The van der Waals surface area contributed by atoms with E-state index < -0.39 is 5.97 Å². The first kappa shape index (κ1) is 17.2. The first-order chi connectivity index (χ1) is 10.1.